The van der Waals surface area contributed by atoms with Crippen LogP contribution in [0.4, 0.5) is 0 Å². The highest BCUT2D eigenvalue weighted by Gasteiger charge is 2.24. The van der Waals surface area contributed by atoms with E-state index >= 15 is 0 Å². The number of hydrogen-bond donors (Lipinski definition) is 2. The fourth-order valence-electron chi connectivity index (χ4n) is 2.34. The van der Waals surface area contributed by atoms with Crippen LogP contribution in [-0.4, -0.2) is 35.2 Å². The molecule has 4 heteroatoms. The fraction of sp³-hybridized carbons (Fsp3) is 0.583. The molecule has 2 atom stereocenters. The highest BCUT2D eigenvalue weighted by Crippen LogP contribution is 2.19. The van der Waals surface area contributed by atoms with Gasteiger partial charge in [0.2, 0.25) is 0 Å². The molecule has 0 aromatic carbocycles. The molecule has 0 aromatic rings. The van der Waals surface area contributed by atoms with E-state index < -0.39 is 5.97 Å². The van der Waals surface area contributed by atoms with E-state index in [-0.39, 0.29) is 6.17 Å². The lowest BCUT2D eigenvalue weighted by Gasteiger charge is -2.37. The van der Waals surface area contributed by atoms with Gasteiger partial charge in [-0.25, -0.2) is 4.79 Å². The highest BCUT2D eigenvalue weighted by molar-refractivity contribution is 5.90. The molecule has 2 aliphatic heterocycles. The molecule has 4 nitrogen and oxygen atoms in total. The Kier molecular flexibility index (Phi) is 3.29. The zero-order valence-electron chi connectivity index (χ0n) is 9.52. The Morgan fingerprint density at radius 1 is 1.62 bits per heavy atom. The number of aliphatic carboxylic acids is 1. The summed E-state index contributed by atoms with van der Waals surface area (Å²) in [5.74, 6) is -0.157. The second-order valence-corrected chi connectivity index (χ2v) is 4.61. The first-order valence-corrected chi connectivity index (χ1v) is 5.78. The van der Waals surface area contributed by atoms with Crippen LogP contribution in [0.15, 0.2) is 23.9 Å². The Morgan fingerprint density at radius 3 is 3.12 bits per heavy atom. The van der Waals surface area contributed by atoms with Gasteiger partial charge >= 0.3 is 5.97 Å². The number of carboxylic acids is 1. The Hall–Kier alpha value is -1.29. The number of nitrogens with zero attached hydrogens (tertiary/aromatic N) is 1. The van der Waals surface area contributed by atoms with Gasteiger partial charge in [0.1, 0.15) is 0 Å². The Labute approximate surface area is 95.6 Å². The Bertz CT molecular complexity index is 336. The monoisotopic (exact) mass is 222 g/mol. The summed E-state index contributed by atoms with van der Waals surface area (Å²) in [4.78, 5) is 13.2. The molecule has 0 radical (unpaired) electrons. The fourth-order valence-corrected chi connectivity index (χ4v) is 2.34. The number of piperidine rings is 1. The smallest absolute Gasteiger partial charge is 0.335 e. The molecular formula is C12H18N2O2. The summed E-state index contributed by atoms with van der Waals surface area (Å²) in [7, 11) is 0. The van der Waals surface area contributed by atoms with Crippen LogP contribution in [0, 0.1) is 5.92 Å². The van der Waals surface area contributed by atoms with Crippen molar-refractivity contribution in [2.24, 2.45) is 5.92 Å². The molecule has 1 unspecified atom stereocenters. The lowest BCUT2D eigenvalue weighted by atomic mass is 9.99. The predicted octanol–water partition coefficient (Wildman–Crippen LogP) is 1.17. The minimum absolute atomic E-state index is 0.0406. The van der Waals surface area contributed by atoms with Crippen LogP contribution in [0.2, 0.25) is 0 Å². The van der Waals surface area contributed by atoms with Gasteiger partial charge in [0, 0.05) is 13.1 Å². The number of nitrogens with one attached hydrogen (secondary N) is 1. The van der Waals surface area contributed by atoms with Crippen LogP contribution < -0.4 is 5.32 Å². The third-order valence-corrected chi connectivity index (χ3v) is 3.20. The van der Waals surface area contributed by atoms with Gasteiger partial charge in [-0.2, -0.15) is 0 Å². The predicted molar refractivity (Wildman–Crippen MR) is 61.8 cm³/mol. The maximum atomic E-state index is 10.9. The van der Waals surface area contributed by atoms with E-state index in [0.717, 1.165) is 13.1 Å². The molecule has 0 spiro atoms. The van der Waals surface area contributed by atoms with Crippen molar-refractivity contribution in [1.29, 1.82) is 0 Å². The van der Waals surface area contributed by atoms with Crippen molar-refractivity contribution in [3.05, 3.63) is 23.9 Å². The molecule has 0 amide bonds. The van der Waals surface area contributed by atoms with E-state index in [1.165, 1.54) is 12.8 Å². The number of carbonyl (C=O) groups is 1. The molecule has 16 heavy (non-hydrogen) atoms. The average Bonchev–Trinajstić information content (AvgIpc) is 2.29. The summed E-state index contributed by atoms with van der Waals surface area (Å²) in [5, 5.41) is 12.1. The lowest BCUT2D eigenvalue weighted by Crippen LogP contribution is -2.48. The quantitative estimate of drug-likeness (QED) is 0.736. The van der Waals surface area contributed by atoms with Gasteiger partial charge in [-0.15, -0.1) is 0 Å². The van der Waals surface area contributed by atoms with Gasteiger partial charge in [-0.3, -0.25) is 4.90 Å². The van der Waals surface area contributed by atoms with Gasteiger partial charge in [0.25, 0.3) is 0 Å². The summed E-state index contributed by atoms with van der Waals surface area (Å²) in [6, 6.07) is 0. The van der Waals surface area contributed by atoms with Crippen LogP contribution in [-0.2, 0) is 4.79 Å². The van der Waals surface area contributed by atoms with E-state index in [4.69, 9.17) is 5.11 Å². The van der Waals surface area contributed by atoms with Crippen LogP contribution in [0.25, 0.3) is 0 Å². The van der Waals surface area contributed by atoms with Gasteiger partial charge in [-0.1, -0.05) is 6.92 Å². The van der Waals surface area contributed by atoms with E-state index in [0.29, 0.717) is 11.5 Å². The third kappa shape index (κ3) is 2.44. The summed E-state index contributed by atoms with van der Waals surface area (Å²) in [5.41, 5.74) is 0.377. The van der Waals surface area contributed by atoms with Crippen LogP contribution in [0.3, 0.4) is 0 Å². The van der Waals surface area contributed by atoms with Crippen LogP contribution in [0.1, 0.15) is 19.8 Å². The summed E-state index contributed by atoms with van der Waals surface area (Å²) in [6.07, 6.45) is 7.63. The zero-order valence-corrected chi connectivity index (χ0v) is 9.52. The molecule has 0 aliphatic carbocycles. The molecule has 0 bridgehead atoms. The average molecular weight is 222 g/mol. The second kappa shape index (κ2) is 4.70. The second-order valence-electron chi connectivity index (χ2n) is 4.61. The molecule has 88 valence electrons. The molecular weight excluding hydrogens is 204 g/mol. The maximum absolute atomic E-state index is 10.9. The Balaban J connectivity index is 2.04. The van der Waals surface area contributed by atoms with Gasteiger partial charge in [0.15, 0.2) is 0 Å². The van der Waals surface area contributed by atoms with E-state index in [2.05, 4.69) is 17.1 Å². The molecule has 0 aromatic heterocycles. The third-order valence-electron chi connectivity index (χ3n) is 3.20. The first-order chi connectivity index (χ1) is 7.66. The Morgan fingerprint density at radius 2 is 2.44 bits per heavy atom. The molecule has 1 saturated heterocycles. The SMILES string of the molecule is C[C@H]1CCCN(C2C=C(C(=O)O)C=CN2)C1. The van der Waals surface area contributed by atoms with E-state index in [1.807, 2.05) is 0 Å². The minimum atomic E-state index is -0.854. The maximum Gasteiger partial charge on any atom is 0.335 e. The van der Waals surface area contributed by atoms with Gasteiger partial charge in [0.05, 0.1) is 11.7 Å². The van der Waals surface area contributed by atoms with Crippen molar-refractivity contribution in [3.63, 3.8) is 0 Å². The first-order valence-electron chi connectivity index (χ1n) is 5.78. The lowest BCUT2D eigenvalue weighted by molar-refractivity contribution is -0.132. The van der Waals surface area contributed by atoms with Gasteiger partial charge < -0.3 is 10.4 Å². The van der Waals surface area contributed by atoms with Crippen LogP contribution in [0.5, 0.6) is 0 Å². The molecule has 2 heterocycles. The normalized spacial score (nSPS) is 30.7. The van der Waals surface area contributed by atoms with E-state index in [9.17, 15) is 4.79 Å². The van der Waals surface area contributed by atoms with Crippen molar-refractivity contribution in [2.45, 2.75) is 25.9 Å². The summed E-state index contributed by atoms with van der Waals surface area (Å²) >= 11 is 0. The largest absolute Gasteiger partial charge is 0.478 e. The number of hydrogen-bond acceptors (Lipinski definition) is 3. The van der Waals surface area contributed by atoms with Crippen molar-refractivity contribution in [2.75, 3.05) is 13.1 Å². The minimum Gasteiger partial charge on any atom is -0.478 e. The van der Waals surface area contributed by atoms with Crippen molar-refractivity contribution in [1.82, 2.24) is 10.2 Å². The van der Waals surface area contributed by atoms with Crippen LogP contribution >= 0.6 is 0 Å². The molecule has 2 aliphatic rings. The molecule has 2 rings (SSSR count). The first kappa shape index (κ1) is 11.2. The number of dihydropyridines is 1. The zero-order chi connectivity index (χ0) is 11.5. The van der Waals surface area contributed by atoms with Gasteiger partial charge in [-0.05, 0) is 37.1 Å². The molecule has 2 N–H and O–H groups in total. The van der Waals surface area contributed by atoms with E-state index in [1.54, 1.807) is 18.4 Å². The number of carboxylic acid groups (broad SMARTS) is 1. The topological polar surface area (TPSA) is 52.6 Å². The standard InChI is InChI=1S/C12H18N2O2/c1-9-3-2-6-14(8-9)11-7-10(12(15)16)4-5-13-11/h4-5,7,9,11,13H,2-3,6,8H2,1H3,(H,15,16)/t9-,11?/m0/s1. The van der Waals surface area contributed by atoms with Crippen molar-refractivity contribution >= 4 is 5.97 Å². The summed E-state index contributed by atoms with van der Waals surface area (Å²) in [6.45, 7) is 4.32. The number of rotatable bonds is 2. The highest BCUT2D eigenvalue weighted by atomic mass is 16.4. The summed E-state index contributed by atoms with van der Waals surface area (Å²) < 4.78 is 0. The van der Waals surface area contributed by atoms with Crippen molar-refractivity contribution < 1.29 is 9.90 Å². The molecule has 0 saturated carbocycles. The number of likely N-dealkylation sites (tertiary alicyclic amines) is 1. The molecule has 1 fully saturated rings. The van der Waals surface area contributed by atoms with Crippen molar-refractivity contribution in [3.8, 4) is 0 Å².